The van der Waals surface area contributed by atoms with Crippen LogP contribution in [0.1, 0.15) is 33.1 Å². The summed E-state index contributed by atoms with van der Waals surface area (Å²) < 4.78 is 142. The van der Waals surface area contributed by atoms with E-state index in [-0.39, 0.29) is 6.92 Å². The summed E-state index contributed by atoms with van der Waals surface area (Å²) in [6, 6.07) is 0. The summed E-state index contributed by atoms with van der Waals surface area (Å²) in [7, 11) is 0. The first-order valence-electron chi connectivity index (χ1n) is 11.2. The Balaban J connectivity index is 1.81. The Morgan fingerprint density at radius 3 is 1.76 bits per heavy atom. The fourth-order valence-electron chi connectivity index (χ4n) is 4.61. The Kier molecular flexibility index (Phi) is 7.73. The highest BCUT2D eigenvalue weighted by Gasteiger charge is 2.67. The van der Waals surface area contributed by atoms with E-state index in [0.717, 1.165) is 0 Å². The maximum atomic E-state index is 13.5. The summed E-state index contributed by atoms with van der Waals surface area (Å²) in [6.45, 7) is -3.64. The molecule has 3 aliphatic rings. The molecule has 3 atom stereocenters. The predicted molar refractivity (Wildman–Crippen MR) is 102 cm³/mol. The first kappa shape index (κ1) is 30.2. The second-order valence-electron chi connectivity index (χ2n) is 9.90. The van der Waals surface area contributed by atoms with Gasteiger partial charge in [-0.2, -0.15) is 39.5 Å². The van der Waals surface area contributed by atoms with Gasteiger partial charge in [-0.1, -0.05) is 0 Å². The molecule has 0 aromatic carbocycles. The van der Waals surface area contributed by atoms with E-state index in [1.807, 2.05) is 0 Å². The third-order valence-electron chi connectivity index (χ3n) is 6.66. The number of fused-ring (bicyclic) bond motifs is 3. The van der Waals surface area contributed by atoms with Crippen LogP contribution in [-0.4, -0.2) is 80.2 Å². The van der Waals surface area contributed by atoms with Crippen LogP contribution in [0, 0.1) is 17.3 Å². The molecule has 17 heteroatoms. The van der Waals surface area contributed by atoms with Gasteiger partial charge >= 0.3 is 41.9 Å². The molecule has 0 N–H and O–H groups in total. The van der Waals surface area contributed by atoms with Gasteiger partial charge in [-0.05, 0) is 19.3 Å². The molecule has 0 radical (unpaired) electrons. The molecule has 38 heavy (non-hydrogen) atoms. The van der Waals surface area contributed by atoms with Crippen molar-refractivity contribution in [2.24, 2.45) is 17.3 Å². The monoisotopic (exact) mass is 574 g/mol. The molecule has 1 spiro atoms. The Labute approximate surface area is 209 Å². The van der Waals surface area contributed by atoms with Crippen LogP contribution in [0.5, 0.6) is 0 Å². The van der Waals surface area contributed by atoms with Crippen LogP contribution in [0.4, 0.5) is 39.5 Å². The third kappa shape index (κ3) is 5.67. The van der Waals surface area contributed by atoms with Crippen molar-refractivity contribution >= 4 is 17.9 Å². The average Bonchev–Trinajstić information content (AvgIpc) is 3.37. The van der Waals surface area contributed by atoms with E-state index in [9.17, 15) is 53.9 Å². The minimum atomic E-state index is -6.31. The van der Waals surface area contributed by atoms with Gasteiger partial charge in [0.15, 0.2) is 6.10 Å². The fraction of sp³-hybridized carbons (Fsp3) is 0.857. The van der Waals surface area contributed by atoms with Crippen LogP contribution < -0.4 is 0 Å². The molecule has 1 saturated heterocycles. The molecule has 1 aliphatic heterocycles. The highest BCUT2D eigenvalue weighted by molar-refractivity contribution is 5.79. The number of carbonyl (C=O) groups excluding carboxylic acids is 3. The summed E-state index contributed by atoms with van der Waals surface area (Å²) in [5, 5.41) is 0. The lowest BCUT2D eigenvalue weighted by atomic mass is 9.86. The molecule has 1 heterocycles. The number of esters is 3. The lowest BCUT2D eigenvalue weighted by Crippen LogP contribution is -2.62. The molecule has 218 valence electrons. The molecule has 0 amide bonds. The molecule has 3 unspecified atom stereocenters. The van der Waals surface area contributed by atoms with E-state index in [2.05, 4.69) is 9.47 Å². The third-order valence-corrected chi connectivity index (χ3v) is 6.66. The average molecular weight is 574 g/mol. The van der Waals surface area contributed by atoms with E-state index in [0.29, 0.717) is 26.2 Å². The van der Waals surface area contributed by atoms with Crippen molar-refractivity contribution in [2.75, 3.05) is 26.4 Å². The quantitative estimate of drug-likeness (QED) is 0.246. The van der Waals surface area contributed by atoms with Crippen LogP contribution >= 0.6 is 0 Å². The number of rotatable bonds is 8. The highest BCUT2D eigenvalue weighted by atomic mass is 19.4. The zero-order valence-electron chi connectivity index (χ0n) is 19.8. The van der Waals surface area contributed by atoms with Crippen LogP contribution in [0.2, 0.25) is 0 Å². The lowest BCUT2D eigenvalue weighted by Gasteiger charge is -2.50. The first-order valence-corrected chi connectivity index (χ1v) is 11.2. The van der Waals surface area contributed by atoms with Crippen molar-refractivity contribution in [3.63, 3.8) is 0 Å². The molecule has 2 aliphatic carbocycles. The normalized spacial score (nSPS) is 31.8. The molecular formula is C21H23F9O8. The molecule has 0 aromatic rings. The number of hydrogen-bond acceptors (Lipinski definition) is 8. The van der Waals surface area contributed by atoms with E-state index in [1.165, 1.54) is 0 Å². The Morgan fingerprint density at radius 1 is 0.789 bits per heavy atom. The van der Waals surface area contributed by atoms with Crippen LogP contribution in [0.25, 0.3) is 0 Å². The summed E-state index contributed by atoms with van der Waals surface area (Å²) in [5.74, 6) is -23.7. The van der Waals surface area contributed by atoms with Crippen molar-refractivity contribution < 1.29 is 77.6 Å². The van der Waals surface area contributed by atoms with E-state index in [1.54, 1.807) is 0 Å². The Hall–Kier alpha value is -2.30. The second kappa shape index (κ2) is 9.71. The number of halogens is 9. The molecule has 2 saturated carbocycles. The van der Waals surface area contributed by atoms with Gasteiger partial charge in [-0.15, -0.1) is 0 Å². The highest BCUT2D eigenvalue weighted by Crippen LogP contribution is 2.57. The Bertz CT molecular complexity index is 932. The van der Waals surface area contributed by atoms with Gasteiger partial charge in [0.1, 0.15) is 13.2 Å². The zero-order valence-corrected chi connectivity index (χ0v) is 19.8. The molecule has 3 fully saturated rings. The maximum Gasteiger partial charge on any atom is 0.465 e. The summed E-state index contributed by atoms with van der Waals surface area (Å²) in [5.41, 5.74) is -2.06. The minimum Gasteiger partial charge on any atom is -0.460 e. The zero-order chi connectivity index (χ0) is 28.9. The van der Waals surface area contributed by atoms with Gasteiger partial charge in [0, 0.05) is 25.7 Å². The SMILES string of the molecule is CC(F)(F)C(=O)OCC1(COC(=O)C(F)(F)C(F)(F)F)COC2(OC1)C1CCC(C1)C2OC(=O)C(C)(F)F. The van der Waals surface area contributed by atoms with Gasteiger partial charge in [-0.25, -0.2) is 14.4 Å². The lowest BCUT2D eigenvalue weighted by molar-refractivity contribution is -0.362. The summed E-state index contributed by atoms with van der Waals surface area (Å²) >= 11 is 0. The summed E-state index contributed by atoms with van der Waals surface area (Å²) in [6.07, 6.45) is -6.48. The number of alkyl halides is 9. The standard InChI is InChI=1S/C21H23F9O8/c1-16(22,23)13(31)34-6-18(7-35-15(33)20(26,27)21(28,29)30)8-36-19(37-9-18)11-4-3-10(5-11)12(19)38-14(32)17(2,24)25/h10-12H,3-9H2,1-2H3. The van der Waals surface area contributed by atoms with Crippen molar-refractivity contribution in [1.29, 1.82) is 0 Å². The van der Waals surface area contributed by atoms with Crippen LogP contribution in [0.15, 0.2) is 0 Å². The molecule has 8 nitrogen and oxygen atoms in total. The van der Waals surface area contributed by atoms with E-state index in [4.69, 9.17) is 14.2 Å². The Morgan fingerprint density at radius 2 is 1.29 bits per heavy atom. The predicted octanol–water partition coefficient (Wildman–Crippen LogP) is 3.65. The van der Waals surface area contributed by atoms with Gasteiger partial charge in [0.05, 0.1) is 18.6 Å². The molecule has 3 rings (SSSR count). The summed E-state index contributed by atoms with van der Waals surface area (Å²) in [4.78, 5) is 34.9. The van der Waals surface area contributed by atoms with E-state index >= 15 is 0 Å². The minimum absolute atomic E-state index is 0.173. The number of carbonyl (C=O) groups is 3. The van der Waals surface area contributed by atoms with Crippen molar-refractivity contribution in [1.82, 2.24) is 0 Å². The molecular weight excluding hydrogens is 551 g/mol. The molecule has 2 bridgehead atoms. The maximum absolute atomic E-state index is 13.5. The van der Waals surface area contributed by atoms with E-state index < -0.39 is 97.4 Å². The van der Waals surface area contributed by atoms with Crippen LogP contribution in [-0.2, 0) is 38.1 Å². The molecule has 0 aromatic heterocycles. The number of ether oxygens (including phenoxy) is 5. The van der Waals surface area contributed by atoms with Gasteiger partial charge in [-0.3, -0.25) is 0 Å². The van der Waals surface area contributed by atoms with Crippen LogP contribution in [0.3, 0.4) is 0 Å². The first-order chi connectivity index (χ1) is 17.1. The van der Waals surface area contributed by atoms with Crippen molar-refractivity contribution in [2.45, 2.75) is 68.9 Å². The second-order valence-corrected chi connectivity index (χ2v) is 9.90. The van der Waals surface area contributed by atoms with Gasteiger partial charge in [0.2, 0.25) is 5.79 Å². The topological polar surface area (TPSA) is 97.4 Å². The smallest absolute Gasteiger partial charge is 0.460 e. The fourth-order valence-corrected chi connectivity index (χ4v) is 4.61. The number of hydrogen-bond donors (Lipinski definition) is 0. The largest absolute Gasteiger partial charge is 0.465 e. The van der Waals surface area contributed by atoms with Gasteiger partial charge < -0.3 is 23.7 Å². The van der Waals surface area contributed by atoms with Crippen molar-refractivity contribution in [3.8, 4) is 0 Å². The van der Waals surface area contributed by atoms with Crippen molar-refractivity contribution in [3.05, 3.63) is 0 Å². The van der Waals surface area contributed by atoms with Gasteiger partial charge in [0.25, 0.3) is 0 Å².